The van der Waals surface area contributed by atoms with Crippen molar-refractivity contribution in [2.75, 3.05) is 25.1 Å². The van der Waals surface area contributed by atoms with Gasteiger partial charge in [0.05, 0.1) is 0 Å². The van der Waals surface area contributed by atoms with Gasteiger partial charge in [0.2, 0.25) is 0 Å². The third-order valence-corrected chi connectivity index (χ3v) is 5.31. The SMILES string of the molecule is CSCCCCNC1CCCC1C1CCCCN1. The Kier molecular flexibility index (Phi) is 6.88. The van der Waals surface area contributed by atoms with Crippen molar-refractivity contribution in [2.45, 2.75) is 63.5 Å². The molecule has 2 fully saturated rings. The second-order valence-corrected chi connectivity index (χ2v) is 6.90. The molecule has 106 valence electrons. The highest BCUT2D eigenvalue weighted by atomic mass is 32.2. The standard InChI is InChI=1S/C15H30N2S/c1-18-12-5-4-11-17-15-9-6-7-13(15)14-8-2-3-10-16-14/h13-17H,2-12H2,1H3. The molecule has 1 heterocycles. The molecule has 3 unspecified atom stereocenters. The molecule has 3 heteroatoms. The van der Waals surface area contributed by atoms with Crippen LogP contribution in [0.1, 0.15) is 51.4 Å². The van der Waals surface area contributed by atoms with Crippen LogP contribution in [0.3, 0.4) is 0 Å². The highest BCUT2D eigenvalue weighted by Gasteiger charge is 2.33. The second-order valence-electron chi connectivity index (χ2n) is 5.91. The lowest BCUT2D eigenvalue weighted by atomic mass is 9.88. The molecule has 0 amide bonds. The van der Waals surface area contributed by atoms with E-state index in [1.54, 1.807) is 0 Å². The maximum Gasteiger partial charge on any atom is 0.0110 e. The normalized spacial score (nSPS) is 32.8. The van der Waals surface area contributed by atoms with Crippen molar-refractivity contribution in [3.8, 4) is 0 Å². The Bertz CT molecular complexity index is 217. The van der Waals surface area contributed by atoms with Crippen molar-refractivity contribution in [3.63, 3.8) is 0 Å². The first-order valence-corrected chi connectivity index (χ1v) is 9.27. The van der Waals surface area contributed by atoms with Crippen LogP contribution in [0.15, 0.2) is 0 Å². The molecule has 1 saturated heterocycles. The van der Waals surface area contributed by atoms with Gasteiger partial charge in [-0.3, -0.25) is 0 Å². The zero-order chi connectivity index (χ0) is 12.6. The number of hydrogen-bond acceptors (Lipinski definition) is 3. The lowest BCUT2D eigenvalue weighted by Gasteiger charge is -2.33. The molecule has 0 radical (unpaired) electrons. The molecule has 0 aromatic rings. The van der Waals surface area contributed by atoms with Gasteiger partial charge in [-0.25, -0.2) is 0 Å². The number of unbranched alkanes of at least 4 members (excludes halogenated alkanes) is 1. The molecule has 18 heavy (non-hydrogen) atoms. The molecule has 0 aromatic carbocycles. The molecule has 0 spiro atoms. The fourth-order valence-electron chi connectivity index (χ4n) is 3.63. The van der Waals surface area contributed by atoms with E-state index in [1.807, 2.05) is 11.8 Å². The number of thioether (sulfide) groups is 1. The van der Waals surface area contributed by atoms with Crippen molar-refractivity contribution in [3.05, 3.63) is 0 Å². The van der Waals surface area contributed by atoms with Crippen molar-refractivity contribution < 1.29 is 0 Å². The first kappa shape index (κ1) is 14.7. The van der Waals surface area contributed by atoms with Crippen LogP contribution < -0.4 is 10.6 Å². The van der Waals surface area contributed by atoms with E-state index in [2.05, 4.69) is 16.9 Å². The lowest BCUT2D eigenvalue weighted by molar-refractivity contribution is 0.257. The first-order chi connectivity index (χ1) is 8.92. The van der Waals surface area contributed by atoms with Gasteiger partial charge in [0.1, 0.15) is 0 Å². The highest BCUT2D eigenvalue weighted by molar-refractivity contribution is 7.98. The predicted octanol–water partition coefficient (Wildman–Crippen LogP) is 3.03. The van der Waals surface area contributed by atoms with Crippen molar-refractivity contribution >= 4 is 11.8 Å². The Morgan fingerprint density at radius 1 is 1.11 bits per heavy atom. The van der Waals surface area contributed by atoms with Crippen LogP contribution in [-0.4, -0.2) is 37.2 Å². The van der Waals surface area contributed by atoms with Gasteiger partial charge in [-0.15, -0.1) is 0 Å². The van der Waals surface area contributed by atoms with Gasteiger partial charge < -0.3 is 10.6 Å². The third-order valence-electron chi connectivity index (χ3n) is 4.62. The summed E-state index contributed by atoms with van der Waals surface area (Å²) in [6, 6.07) is 1.61. The third kappa shape index (κ3) is 4.43. The zero-order valence-electron chi connectivity index (χ0n) is 11.9. The summed E-state index contributed by atoms with van der Waals surface area (Å²) in [5.74, 6) is 2.23. The van der Waals surface area contributed by atoms with Gasteiger partial charge in [-0.2, -0.15) is 11.8 Å². The van der Waals surface area contributed by atoms with Crippen LogP contribution in [0, 0.1) is 5.92 Å². The first-order valence-electron chi connectivity index (χ1n) is 7.87. The van der Waals surface area contributed by atoms with E-state index in [4.69, 9.17) is 0 Å². The maximum absolute atomic E-state index is 3.84. The van der Waals surface area contributed by atoms with Gasteiger partial charge in [-0.05, 0) is 69.5 Å². The summed E-state index contributed by atoms with van der Waals surface area (Å²) in [5.41, 5.74) is 0. The summed E-state index contributed by atoms with van der Waals surface area (Å²) in [4.78, 5) is 0. The Labute approximate surface area is 117 Å². The van der Waals surface area contributed by atoms with Gasteiger partial charge in [0.15, 0.2) is 0 Å². The Morgan fingerprint density at radius 3 is 2.83 bits per heavy atom. The van der Waals surface area contributed by atoms with Gasteiger partial charge in [0.25, 0.3) is 0 Å². The van der Waals surface area contributed by atoms with Gasteiger partial charge in [-0.1, -0.05) is 12.8 Å². The van der Waals surface area contributed by atoms with E-state index >= 15 is 0 Å². The molecule has 2 N–H and O–H groups in total. The monoisotopic (exact) mass is 270 g/mol. The lowest BCUT2D eigenvalue weighted by Crippen LogP contribution is -2.47. The van der Waals surface area contributed by atoms with E-state index in [0.717, 1.165) is 18.0 Å². The van der Waals surface area contributed by atoms with Crippen LogP contribution >= 0.6 is 11.8 Å². The van der Waals surface area contributed by atoms with Crippen LogP contribution in [0.4, 0.5) is 0 Å². The molecule has 1 aliphatic carbocycles. The Morgan fingerprint density at radius 2 is 2.06 bits per heavy atom. The second kappa shape index (κ2) is 8.44. The fourth-order valence-corrected chi connectivity index (χ4v) is 4.12. The van der Waals surface area contributed by atoms with Crippen LogP contribution in [0.2, 0.25) is 0 Å². The smallest absolute Gasteiger partial charge is 0.0110 e. The summed E-state index contributed by atoms with van der Waals surface area (Å²) in [5, 5.41) is 7.60. The van der Waals surface area contributed by atoms with Crippen LogP contribution in [-0.2, 0) is 0 Å². The van der Waals surface area contributed by atoms with E-state index in [1.165, 1.54) is 70.2 Å². The number of nitrogens with one attached hydrogen (secondary N) is 2. The molecule has 2 nitrogen and oxygen atoms in total. The molecule has 0 bridgehead atoms. The summed E-state index contributed by atoms with van der Waals surface area (Å²) >= 11 is 1.97. The number of hydrogen-bond donors (Lipinski definition) is 2. The summed E-state index contributed by atoms with van der Waals surface area (Å²) in [7, 11) is 0. The molecule has 2 rings (SSSR count). The topological polar surface area (TPSA) is 24.1 Å². The summed E-state index contributed by atoms with van der Waals surface area (Å²) < 4.78 is 0. The van der Waals surface area contributed by atoms with Crippen LogP contribution in [0.25, 0.3) is 0 Å². The minimum atomic E-state index is 0.801. The van der Waals surface area contributed by atoms with Gasteiger partial charge in [0, 0.05) is 12.1 Å². The van der Waals surface area contributed by atoms with Crippen LogP contribution in [0.5, 0.6) is 0 Å². The average Bonchev–Trinajstić information content (AvgIpc) is 2.88. The van der Waals surface area contributed by atoms with E-state index in [-0.39, 0.29) is 0 Å². The molecule has 0 aromatic heterocycles. The fraction of sp³-hybridized carbons (Fsp3) is 1.00. The molecular formula is C15H30N2S. The van der Waals surface area contributed by atoms with E-state index < -0.39 is 0 Å². The molecular weight excluding hydrogens is 240 g/mol. The highest BCUT2D eigenvalue weighted by Crippen LogP contribution is 2.31. The Balaban J connectivity index is 1.66. The number of piperidine rings is 1. The average molecular weight is 270 g/mol. The van der Waals surface area contributed by atoms with Crippen molar-refractivity contribution in [2.24, 2.45) is 5.92 Å². The summed E-state index contributed by atoms with van der Waals surface area (Å²) in [6.07, 6.45) is 13.4. The number of rotatable bonds is 7. The summed E-state index contributed by atoms with van der Waals surface area (Å²) in [6.45, 7) is 2.48. The van der Waals surface area contributed by atoms with Crippen molar-refractivity contribution in [1.29, 1.82) is 0 Å². The quantitative estimate of drug-likeness (QED) is 0.695. The minimum Gasteiger partial charge on any atom is -0.314 e. The predicted molar refractivity (Wildman–Crippen MR) is 82.4 cm³/mol. The molecule has 3 atom stereocenters. The molecule has 1 saturated carbocycles. The molecule has 2 aliphatic rings. The molecule has 1 aliphatic heterocycles. The maximum atomic E-state index is 3.84. The zero-order valence-corrected chi connectivity index (χ0v) is 12.7. The Hall–Kier alpha value is 0.270. The van der Waals surface area contributed by atoms with Crippen molar-refractivity contribution in [1.82, 2.24) is 10.6 Å². The van der Waals surface area contributed by atoms with Gasteiger partial charge >= 0.3 is 0 Å². The van der Waals surface area contributed by atoms with E-state index in [9.17, 15) is 0 Å². The minimum absolute atomic E-state index is 0.801. The largest absolute Gasteiger partial charge is 0.314 e. The van der Waals surface area contributed by atoms with E-state index in [0.29, 0.717) is 0 Å².